The molecule has 0 aromatic carbocycles. The smallest absolute Gasteiger partial charge is 0.311 e. The molecule has 1 aliphatic heterocycles. The minimum absolute atomic E-state index is 0.0204. The lowest BCUT2D eigenvalue weighted by Crippen LogP contribution is -2.59. The SMILES string of the molecule is CCC1CN(c2ncccc2[N+](=O)[O-])C(CC)CN1C(C)=O. The number of rotatable bonds is 4. The number of pyridine rings is 1. The van der Waals surface area contributed by atoms with Gasteiger partial charge in [-0.2, -0.15) is 0 Å². The number of aromatic nitrogens is 1. The number of nitro groups is 1. The zero-order chi connectivity index (χ0) is 16.3. The summed E-state index contributed by atoms with van der Waals surface area (Å²) >= 11 is 0. The molecule has 7 nitrogen and oxygen atoms in total. The van der Waals surface area contributed by atoms with Crippen LogP contribution in [0, 0.1) is 10.1 Å². The van der Waals surface area contributed by atoms with Crippen LogP contribution in [-0.4, -0.2) is 45.9 Å². The lowest BCUT2D eigenvalue weighted by Gasteiger charge is -2.46. The quantitative estimate of drug-likeness (QED) is 0.629. The molecule has 0 saturated carbocycles. The van der Waals surface area contributed by atoms with Crippen molar-refractivity contribution in [2.24, 2.45) is 0 Å². The average molecular weight is 306 g/mol. The molecule has 2 unspecified atom stereocenters. The van der Waals surface area contributed by atoms with Gasteiger partial charge in [-0.1, -0.05) is 13.8 Å². The molecule has 0 bridgehead atoms. The highest BCUT2D eigenvalue weighted by atomic mass is 16.6. The van der Waals surface area contributed by atoms with Gasteiger partial charge in [-0.15, -0.1) is 0 Å². The molecule has 2 atom stereocenters. The lowest BCUT2D eigenvalue weighted by atomic mass is 10.0. The van der Waals surface area contributed by atoms with E-state index in [2.05, 4.69) is 4.98 Å². The Morgan fingerprint density at radius 3 is 2.59 bits per heavy atom. The van der Waals surface area contributed by atoms with Gasteiger partial charge in [0.1, 0.15) is 0 Å². The van der Waals surface area contributed by atoms with Gasteiger partial charge in [0.05, 0.1) is 4.92 Å². The van der Waals surface area contributed by atoms with Gasteiger partial charge >= 0.3 is 5.69 Å². The fourth-order valence-corrected chi connectivity index (χ4v) is 3.05. The zero-order valence-electron chi connectivity index (χ0n) is 13.2. The molecule has 1 fully saturated rings. The highest BCUT2D eigenvalue weighted by Crippen LogP contribution is 2.31. The summed E-state index contributed by atoms with van der Waals surface area (Å²) in [5, 5.41) is 11.3. The number of piperazine rings is 1. The predicted octanol–water partition coefficient (Wildman–Crippen LogP) is 2.22. The van der Waals surface area contributed by atoms with E-state index in [1.165, 1.54) is 6.07 Å². The molecule has 7 heteroatoms. The summed E-state index contributed by atoms with van der Waals surface area (Å²) in [5.74, 6) is 0.460. The van der Waals surface area contributed by atoms with Crippen LogP contribution < -0.4 is 4.90 Å². The van der Waals surface area contributed by atoms with Crippen LogP contribution in [-0.2, 0) is 4.79 Å². The minimum atomic E-state index is -0.395. The van der Waals surface area contributed by atoms with Crippen molar-refractivity contribution in [1.29, 1.82) is 0 Å². The fourth-order valence-electron chi connectivity index (χ4n) is 3.05. The normalized spacial score (nSPS) is 21.8. The van der Waals surface area contributed by atoms with E-state index in [4.69, 9.17) is 0 Å². The van der Waals surface area contributed by atoms with Crippen LogP contribution in [0.25, 0.3) is 0 Å². The number of hydrogen-bond acceptors (Lipinski definition) is 5. The Kier molecular flexibility index (Phi) is 4.95. The van der Waals surface area contributed by atoms with Crippen molar-refractivity contribution in [3.8, 4) is 0 Å². The van der Waals surface area contributed by atoms with E-state index in [-0.39, 0.29) is 23.7 Å². The summed E-state index contributed by atoms with van der Waals surface area (Å²) in [5.41, 5.74) is 0.0204. The first-order chi connectivity index (χ1) is 10.5. The minimum Gasteiger partial charge on any atom is -0.344 e. The molecule has 1 aromatic heterocycles. The third-order valence-corrected chi connectivity index (χ3v) is 4.28. The van der Waals surface area contributed by atoms with Crippen molar-refractivity contribution >= 4 is 17.4 Å². The maximum absolute atomic E-state index is 11.8. The molecule has 120 valence electrons. The molecule has 1 saturated heterocycles. The molecule has 1 amide bonds. The van der Waals surface area contributed by atoms with Gasteiger partial charge in [0, 0.05) is 44.4 Å². The number of nitrogens with zero attached hydrogens (tertiary/aromatic N) is 4. The topological polar surface area (TPSA) is 79.6 Å². The molecular weight excluding hydrogens is 284 g/mol. The van der Waals surface area contributed by atoms with Crippen LogP contribution in [0.5, 0.6) is 0 Å². The first-order valence-corrected chi connectivity index (χ1v) is 7.62. The van der Waals surface area contributed by atoms with Crippen LogP contribution in [0.3, 0.4) is 0 Å². The zero-order valence-corrected chi connectivity index (χ0v) is 13.2. The van der Waals surface area contributed by atoms with E-state index in [0.717, 1.165) is 12.8 Å². The highest BCUT2D eigenvalue weighted by molar-refractivity contribution is 5.74. The van der Waals surface area contributed by atoms with Crippen molar-refractivity contribution in [2.45, 2.75) is 45.7 Å². The molecule has 0 N–H and O–H groups in total. The van der Waals surface area contributed by atoms with Gasteiger partial charge in [0.15, 0.2) is 0 Å². The summed E-state index contributed by atoms with van der Waals surface area (Å²) in [6.07, 6.45) is 3.19. The van der Waals surface area contributed by atoms with Crippen molar-refractivity contribution in [1.82, 2.24) is 9.88 Å². The van der Waals surface area contributed by atoms with Crippen LogP contribution in [0.4, 0.5) is 11.5 Å². The van der Waals surface area contributed by atoms with E-state index in [1.54, 1.807) is 19.2 Å². The van der Waals surface area contributed by atoms with E-state index < -0.39 is 4.92 Å². The summed E-state index contributed by atoms with van der Waals surface area (Å²) < 4.78 is 0. The maximum Gasteiger partial charge on any atom is 0.311 e. The second-order valence-corrected chi connectivity index (χ2v) is 5.55. The standard InChI is InChI=1S/C15H22N4O3/c1-4-12-10-18(13(5-2)9-17(12)11(3)20)15-14(19(21)22)7-6-8-16-15/h6-8,12-13H,4-5,9-10H2,1-3H3. The van der Waals surface area contributed by atoms with Crippen molar-refractivity contribution in [2.75, 3.05) is 18.0 Å². The third kappa shape index (κ3) is 3.03. The molecule has 1 aromatic rings. The Balaban J connectivity index is 2.38. The molecule has 0 aliphatic carbocycles. The first kappa shape index (κ1) is 16.2. The second kappa shape index (κ2) is 6.72. The number of hydrogen-bond donors (Lipinski definition) is 0. The van der Waals surface area contributed by atoms with Crippen LogP contribution in [0.2, 0.25) is 0 Å². The van der Waals surface area contributed by atoms with Crippen LogP contribution in [0.1, 0.15) is 33.6 Å². The summed E-state index contributed by atoms with van der Waals surface area (Å²) in [7, 11) is 0. The average Bonchev–Trinajstić information content (AvgIpc) is 2.53. The summed E-state index contributed by atoms with van der Waals surface area (Å²) in [6.45, 7) is 6.79. The van der Waals surface area contributed by atoms with E-state index in [9.17, 15) is 14.9 Å². The lowest BCUT2D eigenvalue weighted by molar-refractivity contribution is -0.384. The number of carbonyl (C=O) groups excluding carboxylic acids is 1. The Hall–Kier alpha value is -2.18. The monoisotopic (exact) mass is 306 g/mol. The number of anilines is 1. The molecular formula is C15H22N4O3. The van der Waals surface area contributed by atoms with Gasteiger partial charge in [-0.05, 0) is 18.9 Å². The van der Waals surface area contributed by atoms with Gasteiger partial charge in [0.25, 0.3) is 0 Å². The Morgan fingerprint density at radius 2 is 2.05 bits per heavy atom. The Morgan fingerprint density at radius 1 is 1.36 bits per heavy atom. The Labute approximate surface area is 130 Å². The molecule has 2 heterocycles. The van der Waals surface area contributed by atoms with Gasteiger partial charge < -0.3 is 9.80 Å². The first-order valence-electron chi connectivity index (χ1n) is 7.62. The van der Waals surface area contributed by atoms with Crippen molar-refractivity contribution < 1.29 is 9.72 Å². The molecule has 2 rings (SSSR count). The van der Waals surface area contributed by atoms with Gasteiger partial charge in [0.2, 0.25) is 11.7 Å². The van der Waals surface area contributed by atoms with Crippen molar-refractivity contribution in [3.63, 3.8) is 0 Å². The molecule has 1 aliphatic rings. The van der Waals surface area contributed by atoms with Crippen LogP contribution >= 0.6 is 0 Å². The fraction of sp³-hybridized carbons (Fsp3) is 0.600. The largest absolute Gasteiger partial charge is 0.344 e. The predicted molar refractivity (Wildman–Crippen MR) is 83.8 cm³/mol. The number of amides is 1. The number of carbonyl (C=O) groups is 1. The van der Waals surface area contributed by atoms with E-state index in [1.807, 2.05) is 23.6 Å². The summed E-state index contributed by atoms with van der Waals surface area (Å²) in [6, 6.07) is 3.15. The molecule has 22 heavy (non-hydrogen) atoms. The third-order valence-electron chi connectivity index (χ3n) is 4.28. The summed E-state index contributed by atoms with van der Waals surface area (Å²) in [4.78, 5) is 30.8. The molecule has 0 spiro atoms. The van der Waals surface area contributed by atoms with Gasteiger partial charge in [-0.3, -0.25) is 14.9 Å². The van der Waals surface area contributed by atoms with Crippen molar-refractivity contribution in [3.05, 3.63) is 28.4 Å². The Bertz CT molecular complexity index is 563. The molecule has 0 radical (unpaired) electrons. The maximum atomic E-state index is 11.8. The second-order valence-electron chi connectivity index (χ2n) is 5.55. The van der Waals surface area contributed by atoms with Crippen LogP contribution in [0.15, 0.2) is 18.3 Å². The van der Waals surface area contributed by atoms with E-state index >= 15 is 0 Å². The van der Waals surface area contributed by atoms with Gasteiger partial charge in [-0.25, -0.2) is 4.98 Å². The highest BCUT2D eigenvalue weighted by Gasteiger charge is 2.36. The van der Waals surface area contributed by atoms with E-state index in [0.29, 0.717) is 18.9 Å².